The zero-order valence-electron chi connectivity index (χ0n) is 9.74. The maximum atomic E-state index is 13.0. The van der Waals surface area contributed by atoms with Crippen LogP contribution < -0.4 is 0 Å². The summed E-state index contributed by atoms with van der Waals surface area (Å²) in [6.45, 7) is 0. The first-order chi connectivity index (χ1) is 9.04. The zero-order valence-corrected chi connectivity index (χ0v) is 11.3. The molecule has 0 atom stereocenters. The molecular weight excluding hydrogens is 314 g/mol. The Kier molecular flexibility index (Phi) is 4.22. The number of hydrogen-bond donors (Lipinski definition) is 0. The van der Waals surface area contributed by atoms with Crippen molar-refractivity contribution in [2.45, 2.75) is 0 Å². The van der Waals surface area contributed by atoms with Crippen molar-refractivity contribution in [3.63, 3.8) is 0 Å². The quantitative estimate of drug-likeness (QED) is 0.595. The van der Waals surface area contributed by atoms with Gasteiger partial charge >= 0.3 is 0 Å². The second-order valence-corrected chi connectivity index (χ2v) is 4.82. The van der Waals surface area contributed by atoms with Gasteiger partial charge in [-0.05, 0) is 35.9 Å². The molecule has 0 heterocycles. The Morgan fingerprint density at radius 1 is 1.00 bits per heavy atom. The van der Waals surface area contributed by atoms with E-state index in [9.17, 15) is 13.6 Å². The standard InChI is InChI=1S/C15H9BrF2O/c16-12-4-1-10(2-5-12)3-6-15(19)11-7-13(17)9-14(18)8-11/h1-9H. The second kappa shape index (κ2) is 5.89. The number of rotatable bonds is 3. The molecule has 2 aromatic carbocycles. The van der Waals surface area contributed by atoms with E-state index >= 15 is 0 Å². The van der Waals surface area contributed by atoms with Crippen LogP contribution in [0, 0.1) is 11.6 Å². The minimum absolute atomic E-state index is 0.00846. The number of hydrogen-bond acceptors (Lipinski definition) is 1. The number of carbonyl (C=O) groups is 1. The molecule has 19 heavy (non-hydrogen) atoms. The van der Waals surface area contributed by atoms with Crippen LogP contribution in [0.25, 0.3) is 6.08 Å². The van der Waals surface area contributed by atoms with E-state index in [1.807, 2.05) is 24.3 Å². The van der Waals surface area contributed by atoms with Gasteiger partial charge in [-0.25, -0.2) is 8.78 Å². The van der Waals surface area contributed by atoms with Crippen LogP contribution in [0.2, 0.25) is 0 Å². The molecule has 4 heteroatoms. The third-order valence-corrected chi connectivity index (χ3v) is 2.97. The lowest BCUT2D eigenvalue weighted by Crippen LogP contribution is -1.96. The lowest BCUT2D eigenvalue weighted by molar-refractivity contribution is 0.104. The summed E-state index contributed by atoms with van der Waals surface area (Å²) >= 11 is 3.30. The van der Waals surface area contributed by atoms with Crippen LogP contribution in [0.1, 0.15) is 15.9 Å². The maximum absolute atomic E-state index is 13.0. The molecule has 0 fully saturated rings. The van der Waals surface area contributed by atoms with Crippen LogP contribution >= 0.6 is 15.9 Å². The Balaban J connectivity index is 2.18. The van der Waals surface area contributed by atoms with E-state index in [-0.39, 0.29) is 5.56 Å². The monoisotopic (exact) mass is 322 g/mol. The summed E-state index contributed by atoms with van der Waals surface area (Å²) < 4.78 is 26.9. The average molecular weight is 323 g/mol. The smallest absolute Gasteiger partial charge is 0.186 e. The highest BCUT2D eigenvalue weighted by molar-refractivity contribution is 9.10. The molecule has 0 aromatic heterocycles. The van der Waals surface area contributed by atoms with E-state index in [4.69, 9.17) is 0 Å². The number of ketones is 1. The topological polar surface area (TPSA) is 17.1 Å². The number of allylic oxidation sites excluding steroid dienone is 1. The summed E-state index contributed by atoms with van der Waals surface area (Å²) in [5.74, 6) is -1.97. The van der Waals surface area contributed by atoms with E-state index in [0.29, 0.717) is 0 Å². The molecule has 0 unspecified atom stereocenters. The SMILES string of the molecule is O=C(C=Cc1ccc(Br)cc1)c1cc(F)cc(F)c1. The van der Waals surface area contributed by atoms with Crippen molar-refractivity contribution in [2.75, 3.05) is 0 Å². The predicted octanol–water partition coefficient (Wildman–Crippen LogP) is 4.62. The molecule has 0 aliphatic heterocycles. The molecule has 1 nitrogen and oxygen atoms in total. The van der Waals surface area contributed by atoms with E-state index in [1.165, 1.54) is 6.08 Å². The number of carbonyl (C=O) groups excluding carboxylic acids is 1. The highest BCUT2D eigenvalue weighted by Gasteiger charge is 2.06. The van der Waals surface area contributed by atoms with Gasteiger partial charge in [0.05, 0.1) is 0 Å². The minimum atomic E-state index is -0.764. The summed E-state index contributed by atoms with van der Waals surface area (Å²) in [6, 6.07) is 10.1. The highest BCUT2D eigenvalue weighted by atomic mass is 79.9. The summed E-state index contributed by atoms with van der Waals surface area (Å²) in [6.07, 6.45) is 2.88. The van der Waals surface area contributed by atoms with Crippen molar-refractivity contribution in [2.24, 2.45) is 0 Å². The Labute approximate surface area is 117 Å². The fourth-order valence-corrected chi connectivity index (χ4v) is 1.80. The van der Waals surface area contributed by atoms with Gasteiger partial charge in [-0.1, -0.05) is 34.1 Å². The molecule has 0 spiro atoms. The van der Waals surface area contributed by atoms with Crippen molar-refractivity contribution >= 4 is 27.8 Å². The molecular formula is C15H9BrF2O. The second-order valence-electron chi connectivity index (χ2n) is 3.91. The minimum Gasteiger partial charge on any atom is -0.289 e. The Hall–Kier alpha value is -1.81. The van der Waals surface area contributed by atoms with Crippen molar-refractivity contribution < 1.29 is 13.6 Å². The summed E-state index contributed by atoms with van der Waals surface area (Å²) in [5, 5.41) is 0. The van der Waals surface area contributed by atoms with Crippen LogP contribution in [0.5, 0.6) is 0 Å². The van der Waals surface area contributed by atoms with Gasteiger partial charge in [-0.3, -0.25) is 4.79 Å². The van der Waals surface area contributed by atoms with Crippen LogP contribution in [-0.4, -0.2) is 5.78 Å². The molecule has 0 amide bonds. The molecule has 0 bridgehead atoms. The Bertz CT molecular complexity index is 613. The van der Waals surface area contributed by atoms with E-state index in [1.54, 1.807) is 6.08 Å². The van der Waals surface area contributed by atoms with E-state index in [2.05, 4.69) is 15.9 Å². The van der Waals surface area contributed by atoms with Crippen molar-refractivity contribution in [3.05, 3.63) is 75.8 Å². The number of halogens is 3. The largest absolute Gasteiger partial charge is 0.289 e. The van der Waals surface area contributed by atoms with E-state index < -0.39 is 17.4 Å². The van der Waals surface area contributed by atoms with Crippen molar-refractivity contribution in [1.29, 1.82) is 0 Å². The van der Waals surface area contributed by atoms with Crippen molar-refractivity contribution in [1.82, 2.24) is 0 Å². The van der Waals surface area contributed by atoms with Gasteiger partial charge in [0, 0.05) is 16.1 Å². The predicted molar refractivity (Wildman–Crippen MR) is 73.9 cm³/mol. The first kappa shape index (κ1) is 13.6. The molecule has 0 aliphatic carbocycles. The maximum Gasteiger partial charge on any atom is 0.186 e. The zero-order chi connectivity index (χ0) is 13.8. The lowest BCUT2D eigenvalue weighted by Gasteiger charge is -1.98. The lowest BCUT2D eigenvalue weighted by atomic mass is 10.1. The Morgan fingerprint density at radius 2 is 1.58 bits per heavy atom. The fourth-order valence-electron chi connectivity index (χ4n) is 1.54. The third kappa shape index (κ3) is 3.83. The molecule has 96 valence electrons. The first-order valence-electron chi connectivity index (χ1n) is 5.49. The molecule has 2 rings (SSSR count). The van der Waals surface area contributed by atoms with Gasteiger partial charge < -0.3 is 0 Å². The highest BCUT2D eigenvalue weighted by Crippen LogP contribution is 2.13. The molecule has 0 radical (unpaired) electrons. The van der Waals surface area contributed by atoms with Crippen LogP contribution in [0.4, 0.5) is 8.78 Å². The van der Waals surface area contributed by atoms with Crippen LogP contribution in [-0.2, 0) is 0 Å². The first-order valence-corrected chi connectivity index (χ1v) is 6.28. The van der Waals surface area contributed by atoms with Crippen LogP contribution in [0.15, 0.2) is 53.0 Å². The summed E-state index contributed by atoms with van der Waals surface area (Å²) in [5.41, 5.74) is 0.819. The normalized spacial score (nSPS) is 10.9. The van der Waals surface area contributed by atoms with Gasteiger partial charge in [0.25, 0.3) is 0 Å². The average Bonchev–Trinajstić information content (AvgIpc) is 2.36. The summed E-state index contributed by atoms with van der Waals surface area (Å²) in [4.78, 5) is 11.8. The van der Waals surface area contributed by atoms with Gasteiger partial charge in [0.15, 0.2) is 5.78 Å². The Morgan fingerprint density at radius 3 is 2.16 bits per heavy atom. The summed E-state index contributed by atoms with van der Waals surface area (Å²) in [7, 11) is 0. The van der Waals surface area contributed by atoms with Gasteiger partial charge in [0.1, 0.15) is 11.6 Å². The molecule has 2 aromatic rings. The fraction of sp³-hybridized carbons (Fsp3) is 0. The third-order valence-electron chi connectivity index (χ3n) is 2.44. The van der Waals surface area contributed by atoms with E-state index in [0.717, 1.165) is 28.2 Å². The van der Waals surface area contributed by atoms with Crippen LogP contribution in [0.3, 0.4) is 0 Å². The van der Waals surface area contributed by atoms with Gasteiger partial charge in [0.2, 0.25) is 0 Å². The van der Waals surface area contributed by atoms with Gasteiger partial charge in [-0.15, -0.1) is 0 Å². The number of benzene rings is 2. The van der Waals surface area contributed by atoms with Crippen molar-refractivity contribution in [3.8, 4) is 0 Å². The molecule has 0 N–H and O–H groups in total. The van der Waals surface area contributed by atoms with Gasteiger partial charge in [-0.2, -0.15) is 0 Å². The molecule has 0 aliphatic rings. The molecule has 0 saturated carbocycles. The molecule has 0 saturated heterocycles.